The first-order valence-electron chi connectivity index (χ1n) is 12.9. The van der Waals surface area contributed by atoms with Crippen LogP contribution >= 0.6 is 34.4 Å². The molecule has 2 atom stereocenters. The van der Waals surface area contributed by atoms with Crippen LogP contribution in [0.15, 0.2) is 45.0 Å². The number of aromatic nitrogens is 2. The van der Waals surface area contributed by atoms with Crippen molar-refractivity contribution in [2.75, 3.05) is 22.9 Å². The van der Waals surface area contributed by atoms with Gasteiger partial charge in [-0.2, -0.15) is 0 Å². The lowest BCUT2D eigenvalue weighted by Crippen LogP contribution is -2.71. The van der Waals surface area contributed by atoms with E-state index in [0.29, 0.717) is 29.2 Å². The largest absolute Gasteiger partial charge is 0.477 e. The monoisotopic (exact) mass is 615 g/mol. The molecule has 0 radical (unpaired) electrons. The van der Waals surface area contributed by atoms with Crippen LogP contribution in [0.5, 0.6) is 0 Å². The van der Waals surface area contributed by atoms with Crippen molar-refractivity contribution < 1.29 is 29.1 Å². The van der Waals surface area contributed by atoms with Crippen LogP contribution in [0.25, 0.3) is 0 Å². The maximum atomic E-state index is 13.3. The molecule has 3 aliphatic heterocycles. The zero-order valence-electron chi connectivity index (χ0n) is 21.5. The summed E-state index contributed by atoms with van der Waals surface area (Å²) >= 11 is 3.80. The summed E-state index contributed by atoms with van der Waals surface area (Å²) in [4.78, 5) is 68.4. The predicted molar refractivity (Wildman–Crippen MR) is 153 cm³/mol. The van der Waals surface area contributed by atoms with E-state index in [4.69, 9.17) is 10.6 Å². The van der Waals surface area contributed by atoms with Gasteiger partial charge in [-0.15, -0.1) is 34.4 Å². The van der Waals surface area contributed by atoms with Crippen molar-refractivity contribution in [1.29, 1.82) is 0 Å². The zero-order chi connectivity index (χ0) is 28.7. The number of nitrogens with two attached hydrogens (primary N) is 1. The second-order valence-electron chi connectivity index (χ2n) is 9.75. The van der Waals surface area contributed by atoms with Crippen molar-refractivity contribution in [3.05, 3.63) is 45.6 Å². The number of fused-ring (bicyclic) bond motifs is 1. The number of rotatable bonds is 8. The van der Waals surface area contributed by atoms with Gasteiger partial charge < -0.3 is 21.0 Å². The first kappa shape index (κ1) is 27.4. The molecule has 2 saturated heterocycles. The van der Waals surface area contributed by atoms with Crippen LogP contribution in [-0.4, -0.2) is 79.2 Å². The molecular formula is C25H25N7O6S3. The summed E-state index contributed by atoms with van der Waals surface area (Å²) in [5.41, 5.74) is 6.53. The average Bonchev–Trinajstić information content (AvgIpc) is 3.77. The fraction of sp³-hybridized carbons (Fsp3) is 0.400. The van der Waals surface area contributed by atoms with Crippen LogP contribution < -0.4 is 16.0 Å². The van der Waals surface area contributed by atoms with Crippen molar-refractivity contribution in [2.24, 2.45) is 5.16 Å². The van der Waals surface area contributed by atoms with Crippen LogP contribution in [0, 0.1) is 0 Å². The number of hydrogen-bond donors (Lipinski definition) is 3. The summed E-state index contributed by atoms with van der Waals surface area (Å²) in [5, 5.41) is 20.4. The van der Waals surface area contributed by atoms with Gasteiger partial charge in [0.05, 0.1) is 0 Å². The van der Waals surface area contributed by atoms with Crippen molar-refractivity contribution in [2.45, 2.75) is 49.6 Å². The first-order chi connectivity index (χ1) is 19.8. The van der Waals surface area contributed by atoms with E-state index in [2.05, 4.69) is 20.4 Å². The Morgan fingerprint density at radius 3 is 2.73 bits per heavy atom. The zero-order valence-corrected chi connectivity index (χ0v) is 24.0. The molecule has 1 aliphatic carbocycles. The number of aliphatic carboxylic acids is 1. The number of thiazole rings is 2. The number of carbonyl (C=O) groups is 4. The molecule has 3 fully saturated rings. The predicted octanol–water partition coefficient (Wildman–Crippen LogP) is 1.95. The normalized spacial score (nSPS) is 24.2. The Morgan fingerprint density at radius 1 is 1.24 bits per heavy atom. The third kappa shape index (κ3) is 5.22. The van der Waals surface area contributed by atoms with Gasteiger partial charge in [-0.05, 0) is 43.8 Å². The van der Waals surface area contributed by atoms with Crippen LogP contribution in [-0.2, 0) is 24.0 Å². The summed E-state index contributed by atoms with van der Waals surface area (Å²) in [6, 6.07) is -0.975. The van der Waals surface area contributed by atoms with Crippen LogP contribution in [0.3, 0.4) is 0 Å². The number of carboxylic acids is 1. The molecule has 214 valence electrons. The lowest BCUT2D eigenvalue weighted by Gasteiger charge is -2.49. The molecule has 0 spiro atoms. The van der Waals surface area contributed by atoms with Gasteiger partial charge in [0.1, 0.15) is 28.9 Å². The number of oxime groups is 1. The number of anilines is 2. The number of nitrogens with one attached hydrogen (secondary N) is 1. The van der Waals surface area contributed by atoms with E-state index in [0.717, 1.165) is 37.0 Å². The van der Waals surface area contributed by atoms with Crippen molar-refractivity contribution in [3.8, 4) is 0 Å². The van der Waals surface area contributed by atoms with Gasteiger partial charge in [-0.3, -0.25) is 24.2 Å². The molecule has 4 N–H and O–H groups in total. The molecule has 5 heterocycles. The number of carboxylic acid groups (broad SMARTS) is 1. The van der Waals surface area contributed by atoms with Crippen LogP contribution in [0.1, 0.15) is 37.8 Å². The number of carbonyl (C=O) groups excluding carboxylic acids is 3. The lowest BCUT2D eigenvalue weighted by molar-refractivity contribution is -0.150. The minimum absolute atomic E-state index is 0.0964. The number of β-lactam (4-membered cyclic amide) rings is 1. The molecule has 0 unspecified atom stereocenters. The molecule has 3 amide bonds. The highest BCUT2D eigenvalue weighted by Gasteiger charge is 2.54. The maximum Gasteiger partial charge on any atom is 0.352 e. The summed E-state index contributed by atoms with van der Waals surface area (Å²) in [6.07, 6.45) is 7.24. The standard InChI is InChI=1S/C25H25N7O6S3/c26-24-28-15(11-41-24)16(30-38-14-3-1-2-4-14)19(33)29-17-21(35)32-18(23(36)37)13(10-40-22(17)32)9-12-5-7-31(20(12)34)25-27-6-8-39-25/h6,8-9,11,14,17,22H,1-5,7,10H2,(H2,26,28)(H,29,33)(H,36,37)/b12-9+,30-16-/t17-,22-/m1/s1. The lowest BCUT2D eigenvalue weighted by atomic mass is 10.0. The quantitative estimate of drug-likeness (QED) is 0.172. The smallest absolute Gasteiger partial charge is 0.352 e. The number of amides is 3. The van der Waals surface area contributed by atoms with Crippen molar-refractivity contribution >= 4 is 74.1 Å². The van der Waals surface area contributed by atoms with Crippen LogP contribution in [0.2, 0.25) is 0 Å². The highest BCUT2D eigenvalue weighted by molar-refractivity contribution is 8.00. The topological polar surface area (TPSA) is 180 Å². The van der Waals surface area contributed by atoms with Crippen molar-refractivity contribution in [1.82, 2.24) is 20.2 Å². The van der Waals surface area contributed by atoms with Gasteiger partial charge in [0.2, 0.25) is 0 Å². The Balaban J connectivity index is 1.20. The Kier molecular flexibility index (Phi) is 7.52. The van der Waals surface area contributed by atoms with Crippen LogP contribution in [0.4, 0.5) is 10.3 Å². The summed E-state index contributed by atoms with van der Waals surface area (Å²) in [7, 11) is 0. The maximum absolute atomic E-state index is 13.3. The molecule has 0 aromatic carbocycles. The Bertz CT molecular complexity index is 1490. The number of allylic oxidation sites excluding steroid dienone is 1. The Morgan fingerprint density at radius 2 is 2.05 bits per heavy atom. The van der Waals surface area contributed by atoms with Gasteiger partial charge in [0.25, 0.3) is 17.7 Å². The van der Waals surface area contributed by atoms with Gasteiger partial charge in [0.15, 0.2) is 16.0 Å². The molecule has 6 rings (SSSR count). The van der Waals surface area contributed by atoms with E-state index in [1.54, 1.807) is 27.9 Å². The Labute approximate surface area is 246 Å². The molecule has 2 aromatic rings. The van der Waals surface area contributed by atoms with Gasteiger partial charge >= 0.3 is 5.97 Å². The molecular weight excluding hydrogens is 591 g/mol. The van der Waals surface area contributed by atoms with E-state index in [9.17, 15) is 24.3 Å². The fourth-order valence-electron chi connectivity index (χ4n) is 5.18. The molecule has 2 aromatic heterocycles. The average molecular weight is 616 g/mol. The van der Waals surface area contributed by atoms with Crippen molar-refractivity contribution in [3.63, 3.8) is 0 Å². The minimum atomic E-state index is -1.28. The minimum Gasteiger partial charge on any atom is -0.477 e. The number of nitrogens with zero attached hydrogens (tertiary/aromatic N) is 5. The van der Waals surface area contributed by atoms with E-state index in [1.165, 1.54) is 28.0 Å². The third-order valence-electron chi connectivity index (χ3n) is 7.19. The van der Waals surface area contributed by atoms with E-state index < -0.39 is 29.2 Å². The van der Waals surface area contributed by atoms with E-state index >= 15 is 0 Å². The Hall–Kier alpha value is -3.76. The highest BCUT2D eigenvalue weighted by atomic mass is 32.2. The second kappa shape index (κ2) is 11.3. The third-order valence-corrected chi connectivity index (χ3v) is 9.96. The van der Waals surface area contributed by atoms with E-state index in [-0.39, 0.29) is 40.0 Å². The van der Waals surface area contributed by atoms with Gasteiger partial charge in [-0.1, -0.05) is 5.16 Å². The molecule has 16 heteroatoms. The number of thioether (sulfide) groups is 1. The fourth-order valence-corrected chi connectivity index (χ4v) is 7.70. The number of hydrogen-bond acceptors (Lipinski definition) is 12. The molecule has 4 aliphatic rings. The molecule has 13 nitrogen and oxygen atoms in total. The van der Waals surface area contributed by atoms with Gasteiger partial charge in [-0.25, -0.2) is 14.8 Å². The number of nitrogen functional groups attached to an aromatic ring is 1. The highest BCUT2D eigenvalue weighted by Crippen LogP contribution is 2.41. The first-order valence-corrected chi connectivity index (χ1v) is 15.7. The molecule has 0 bridgehead atoms. The molecule has 1 saturated carbocycles. The summed E-state index contributed by atoms with van der Waals surface area (Å²) in [6.45, 7) is 0.444. The second-order valence-corrected chi connectivity index (χ2v) is 12.6. The molecule has 41 heavy (non-hydrogen) atoms. The summed E-state index contributed by atoms with van der Waals surface area (Å²) in [5.74, 6) is -2.52. The summed E-state index contributed by atoms with van der Waals surface area (Å²) < 4.78 is 0. The van der Waals surface area contributed by atoms with E-state index in [1.807, 2.05) is 0 Å². The SMILES string of the molecule is Nc1nc(/C(=N/OC2CCCC2)C(=O)N[C@@H]2C(=O)N3C(C(=O)O)=C(/C=C4\CCN(c5nccs5)C4=O)CS[C@H]23)cs1. The van der Waals surface area contributed by atoms with Gasteiger partial charge in [0, 0.05) is 34.8 Å².